The highest BCUT2D eigenvalue weighted by molar-refractivity contribution is 5.78. The summed E-state index contributed by atoms with van der Waals surface area (Å²) < 4.78 is 19.0. The van der Waals surface area contributed by atoms with Gasteiger partial charge < -0.3 is 9.64 Å². The molecule has 0 N–H and O–H groups in total. The average Bonchev–Trinajstić information content (AvgIpc) is 3.00. The normalized spacial score (nSPS) is 13.7. The largest absolute Gasteiger partial charge is 0.492 e. The summed E-state index contributed by atoms with van der Waals surface area (Å²) in [5.74, 6) is 0.696. The van der Waals surface area contributed by atoms with Crippen LogP contribution >= 0.6 is 0 Å². The molecule has 0 aliphatic carbocycles. The quantitative estimate of drug-likeness (QED) is 0.586. The average molecular weight is 420 g/mol. The topological polar surface area (TPSA) is 45.7 Å². The van der Waals surface area contributed by atoms with Crippen LogP contribution in [0.3, 0.4) is 0 Å². The fourth-order valence-electron chi connectivity index (χ4n) is 3.73. The van der Waals surface area contributed by atoms with E-state index in [4.69, 9.17) is 4.74 Å². The lowest BCUT2D eigenvalue weighted by Gasteiger charge is -2.27. The molecule has 4 rings (SSSR count). The van der Waals surface area contributed by atoms with Crippen LogP contribution in [0.4, 0.5) is 4.39 Å². The molecule has 160 valence electrons. The van der Waals surface area contributed by atoms with E-state index in [0.717, 1.165) is 22.4 Å². The number of carbonyl (C=O) groups excluding carboxylic acids is 1. The van der Waals surface area contributed by atoms with Gasteiger partial charge in [-0.3, -0.25) is 14.7 Å². The Labute approximate surface area is 182 Å². The lowest BCUT2D eigenvalue weighted by Crippen LogP contribution is -2.41. The Morgan fingerprint density at radius 1 is 1.06 bits per heavy atom. The number of amides is 1. The van der Waals surface area contributed by atoms with Gasteiger partial charge in [0.25, 0.3) is 0 Å². The van der Waals surface area contributed by atoms with E-state index in [1.165, 1.54) is 12.1 Å². The molecule has 0 spiro atoms. The van der Waals surface area contributed by atoms with Crippen molar-refractivity contribution in [3.05, 3.63) is 95.6 Å². The van der Waals surface area contributed by atoms with Gasteiger partial charge in [0.2, 0.25) is 5.91 Å². The molecule has 1 aromatic heterocycles. The number of hydrogen-bond donors (Lipinski definition) is 0. The van der Waals surface area contributed by atoms with Gasteiger partial charge >= 0.3 is 0 Å². The third-order valence-electron chi connectivity index (χ3n) is 5.42. The van der Waals surface area contributed by atoms with Gasteiger partial charge in [-0.25, -0.2) is 4.39 Å². The van der Waals surface area contributed by atoms with Gasteiger partial charge in [0.05, 0.1) is 6.54 Å². The minimum atomic E-state index is -0.254. The lowest BCUT2D eigenvalue weighted by atomic mass is 10.1. The molecule has 0 saturated carbocycles. The molecule has 1 amide bonds. The van der Waals surface area contributed by atoms with Crippen molar-refractivity contribution in [2.24, 2.45) is 0 Å². The Balaban J connectivity index is 1.44. The first-order chi connectivity index (χ1) is 15.2. The Morgan fingerprint density at radius 3 is 2.71 bits per heavy atom. The van der Waals surface area contributed by atoms with Crippen molar-refractivity contribution in [1.29, 1.82) is 0 Å². The van der Waals surface area contributed by atoms with Crippen molar-refractivity contribution in [3.8, 4) is 5.75 Å². The highest BCUT2D eigenvalue weighted by atomic mass is 19.1. The molecule has 1 aliphatic rings. The van der Waals surface area contributed by atoms with Gasteiger partial charge in [-0.1, -0.05) is 36.4 Å². The zero-order valence-electron chi connectivity index (χ0n) is 17.4. The molecule has 0 bridgehead atoms. The number of benzene rings is 2. The third kappa shape index (κ3) is 5.89. The summed E-state index contributed by atoms with van der Waals surface area (Å²) in [4.78, 5) is 21.4. The minimum absolute atomic E-state index is 0.0605. The predicted octanol–water partition coefficient (Wildman–Crippen LogP) is 3.69. The molecular weight excluding hydrogens is 393 g/mol. The van der Waals surface area contributed by atoms with E-state index in [2.05, 4.69) is 9.88 Å². The monoisotopic (exact) mass is 419 g/mol. The molecular formula is C25H26FN3O2. The Hall–Kier alpha value is -3.25. The van der Waals surface area contributed by atoms with Gasteiger partial charge in [0.1, 0.15) is 18.2 Å². The number of halogens is 1. The second kappa shape index (κ2) is 10.2. The number of pyridine rings is 1. The molecule has 3 aromatic rings. The summed E-state index contributed by atoms with van der Waals surface area (Å²) in [5.41, 5.74) is 3.08. The summed E-state index contributed by atoms with van der Waals surface area (Å²) >= 11 is 0. The molecule has 6 heteroatoms. The number of hydrogen-bond acceptors (Lipinski definition) is 4. The number of rotatable bonds is 7. The molecule has 31 heavy (non-hydrogen) atoms. The summed E-state index contributed by atoms with van der Waals surface area (Å²) in [6.45, 7) is 3.30. The van der Waals surface area contributed by atoms with Crippen LogP contribution in [-0.4, -0.2) is 46.9 Å². The smallest absolute Gasteiger partial charge is 0.237 e. The van der Waals surface area contributed by atoms with Crippen molar-refractivity contribution in [3.63, 3.8) is 0 Å². The first-order valence-electron chi connectivity index (χ1n) is 10.5. The van der Waals surface area contributed by atoms with Crippen molar-refractivity contribution < 1.29 is 13.9 Å². The zero-order valence-corrected chi connectivity index (χ0v) is 17.4. The van der Waals surface area contributed by atoms with Crippen molar-refractivity contribution in [2.45, 2.75) is 19.5 Å². The predicted molar refractivity (Wildman–Crippen MR) is 117 cm³/mol. The minimum Gasteiger partial charge on any atom is -0.492 e. The SMILES string of the molecule is O=C(CN1CCOc2ccccc2C1)N(CCc1ccc(F)cc1)Cc1cccnc1. The van der Waals surface area contributed by atoms with Crippen LogP contribution in [0.25, 0.3) is 0 Å². The van der Waals surface area contributed by atoms with Gasteiger partial charge in [0, 0.05) is 44.1 Å². The summed E-state index contributed by atoms with van der Waals surface area (Å²) in [7, 11) is 0. The Kier molecular flexibility index (Phi) is 6.89. The molecule has 0 fully saturated rings. The van der Waals surface area contributed by atoms with Crippen LogP contribution < -0.4 is 4.74 Å². The zero-order chi connectivity index (χ0) is 21.5. The molecule has 2 aromatic carbocycles. The number of ether oxygens (including phenoxy) is 1. The van der Waals surface area contributed by atoms with E-state index in [1.807, 2.05) is 41.3 Å². The van der Waals surface area contributed by atoms with Crippen molar-refractivity contribution in [1.82, 2.24) is 14.8 Å². The van der Waals surface area contributed by atoms with Gasteiger partial charge in [-0.2, -0.15) is 0 Å². The summed E-state index contributed by atoms with van der Waals surface area (Å²) in [6.07, 6.45) is 4.18. The van der Waals surface area contributed by atoms with Crippen molar-refractivity contribution in [2.75, 3.05) is 26.2 Å². The molecule has 0 unspecified atom stereocenters. The summed E-state index contributed by atoms with van der Waals surface area (Å²) in [5, 5.41) is 0. The number of carbonyl (C=O) groups is 1. The number of fused-ring (bicyclic) bond motifs is 1. The number of para-hydroxylation sites is 1. The fraction of sp³-hybridized carbons (Fsp3) is 0.280. The van der Waals surface area contributed by atoms with Gasteiger partial charge in [-0.05, 0) is 41.8 Å². The maximum absolute atomic E-state index is 13.3. The third-order valence-corrected chi connectivity index (χ3v) is 5.42. The highest BCUT2D eigenvalue weighted by Crippen LogP contribution is 2.22. The van der Waals surface area contributed by atoms with Crippen LogP contribution in [0.1, 0.15) is 16.7 Å². The molecule has 5 nitrogen and oxygen atoms in total. The number of aromatic nitrogens is 1. The van der Waals surface area contributed by atoms with Crippen LogP contribution in [-0.2, 0) is 24.3 Å². The maximum atomic E-state index is 13.3. The molecule has 1 aliphatic heterocycles. The second-order valence-electron chi connectivity index (χ2n) is 7.72. The van der Waals surface area contributed by atoms with Gasteiger partial charge in [-0.15, -0.1) is 0 Å². The highest BCUT2D eigenvalue weighted by Gasteiger charge is 2.21. The Bertz CT molecular complexity index is 995. The fourth-order valence-corrected chi connectivity index (χ4v) is 3.73. The van der Waals surface area contributed by atoms with Crippen molar-refractivity contribution >= 4 is 5.91 Å². The Morgan fingerprint density at radius 2 is 1.90 bits per heavy atom. The van der Waals surface area contributed by atoms with Crippen LogP contribution in [0, 0.1) is 5.82 Å². The van der Waals surface area contributed by atoms with E-state index < -0.39 is 0 Å². The van der Waals surface area contributed by atoms with E-state index >= 15 is 0 Å². The van der Waals surface area contributed by atoms with E-state index in [9.17, 15) is 9.18 Å². The molecule has 0 saturated heterocycles. The van der Waals surface area contributed by atoms with Gasteiger partial charge in [0.15, 0.2) is 0 Å². The molecule has 0 atom stereocenters. The van der Waals surface area contributed by atoms with Crippen LogP contribution in [0.5, 0.6) is 5.75 Å². The van der Waals surface area contributed by atoms with E-state index in [-0.39, 0.29) is 11.7 Å². The van der Waals surface area contributed by atoms with E-state index in [0.29, 0.717) is 45.8 Å². The lowest BCUT2D eigenvalue weighted by molar-refractivity contribution is -0.133. The van der Waals surface area contributed by atoms with Crippen LogP contribution in [0.2, 0.25) is 0 Å². The van der Waals surface area contributed by atoms with E-state index in [1.54, 1.807) is 24.5 Å². The molecule has 2 heterocycles. The second-order valence-corrected chi connectivity index (χ2v) is 7.72. The standard InChI is InChI=1S/C25H26FN3O2/c26-23-9-7-20(8-10-23)11-13-29(17-21-4-3-12-27-16-21)25(30)19-28-14-15-31-24-6-2-1-5-22(24)18-28/h1-10,12,16H,11,13-15,17-19H2. The first-order valence-corrected chi connectivity index (χ1v) is 10.5. The first kappa shape index (κ1) is 21.0. The molecule has 0 radical (unpaired) electrons. The maximum Gasteiger partial charge on any atom is 0.237 e. The van der Waals surface area contributed by atoms with Crippen LogP contribution in [0.15, 0.2) is 73.1 Å². The number of nitrogens with zero attached hydrogens (tertiary/aromatic N) is 3. The summed E-state index contributed by atoms with van der Waals surface area (Å²) in [6, 6.07) is 18.3.